The van der Waals surface area contributed by atoms with Crippen LogP contribution < -0.4 is 24.8 Å². The summed E-state index contributed by atoms with van der Waals surface area (Å²) in [4.78, 5) is 0. The SMILES string of the molecule is C1=CCC2CC[CH-]C2=C1.C1=CCC2CC[CH-]C2=C1.C[Si](C)=[Ti+2].[Cl-].[Cl-]. The normalized spacial score (nSPS) is 24.5. The van der Waals surface area contributed by atoms with Gasteiger partial charge in [0.25, 0.3) is 0 Å². The molecular formula is C20H28Cl2SiTi-2. The van der Waals surface area contributed by atoms with Crippen LogP contribution in [0.1, 0.15) is 38.5 Å². The Balaban J connectivity index is 0.000000341. The zero-order chi connectivity index (χ0) is 15.8. The van der Waals surface area contributed by atoms with Crippen molar-refractivity contribution in [3.63, 3.8) is 0 Å². The van der Waals surface area contributed by atoms with Crippen LogP contribution in [0, 0.1) is 24.7 Å². The molecule has 0 nitrogen and oxygen atoms in total. The zero-order valence-electron chi connectivity index (χ0n) is 14.8. The second kappa shape index (κ2) is 13.4. The molecule has 2 unspecified atom stereocenters. The van der Waals surface area contributed by atoms with Gasteiger partial charge >= 0.3 is 38.5 Å². The number of hydrogen-bond donors (Lipinski definition) is 0. The summed E-state index contributed by atoms with van der Waals surface area (Å²) in [6.45, 7) is 4.54. The average Bonchev–Trinajstić information content (AvgIpc) is 3.16. The molecule has 0 N–H and O–H groups in total. The van der Waals surface area contributed by atoms with Crippen molar-refractivity contribution in [2.75, 3.05) is 0 Å². The summed E-state index contributed by atoms with van der Waals surface area (Å²) in [5.74, 6) is 1.77. The van der Waals surface area contributed by atoms with Crippen LogP contribution in [0.15, 0.2) is 47.6 Å². The van der Waals surface area contributed by atoms with E-state index in [-0.39, 0.29) is 31.0 Å². The van der Waals surface area contributed by atoms with Crippen molar-refractivity contribution in [2.45, 2.75) is 51.6 Å². The average molecular weight is 415 g/mol. The van der Waals surface area contributed by atoms with Crippen molar-refractivity contribution in [2.24, 2.45) is 11.8 Å². The van der Waals surface area contributed by atoms with Gasteiger partial charge in [-0.25, -0.2) is 36.1 Å². The van der Waals surface area contributed by atoms with E-state index in [1.54, 1.807) is 11.1 Å². The zero-order valence-corrected chi connectivity index (χ0v) is 18.8. The topological polar surface area (TPSA) is 0 Å². The first-order valence-electron chi connectivity index (χ1n) is 8.58. The molecule has 0 bridgehead atoms. The maximum atomic E-state index is 2.37. The van der Waals surface area contributed by atoms with Gasteiger partial charge in [0.1, 0.15) is 0 Å². The Morgan fingerprint density at radius 1 is 0.875 bits per heavy atom. The third-order valence-electron chi connectivity index (χ3n) is 4.42. The fraction of sp³-hybridized carbons (Fsp3) is 0.500. The van der Waals surface area contributed by atoms with E-state index in [0.29, 0.717) is 0 Å². The molecule has 4 aliphatic rings. The molecule has 24 heavy (non-hydrogen) atoms. The quantitative estimate of drug-likeness (QED) is 0.379. The molecule has 2 fully saturated rings. The van der Waals surface area contributed by atoms with E-state index in [2.05, 4.69) is 81.6 Å². The smallest absolute Gasteiger partial charge is 1.00 e. The van der Waals surface area contributed by atoms with Gasteiger partial charge < -0.3 is 24.8 Å². The van der Waals surface area contributed by atoms with Crippen molar-refractivity contribution in [1.29, 1.82) is 0 Å². The van der Waals surface area contributed by atoms with Gasteiger partial charge in [0.15, 0.2) is 0 Å². The summed E-state index contributed by atoms with van der Waals surface area (Å²) >= 11 is 2.27. The predicted molar refractivity (Wildman–Crippen MR) is 95.2 cm³/mol. The minimum absolute atomic E-state index is 0. The second-order valence-electron chi connectivity index (χ2n) is 6.62. The van der Waals surface area contributed by atoms with Crippen LogP contribution in [0.3, 0.4) is 0 Å². The van der Waals surface area contributed by atoms with Crippen LogP contribution in [0.5, 0.6) is 0 Å². The number of hydrogen-bond acceptors (Lipinski definition) is 0. The molecule has 4 heteroatoms. The van der Waals surface area contributed by atoms with Gasteiger partial charge in [-0.05, 0) is 24.7 Å². The van der Waals surface area contributed by atoms with Gasteiger partial charge in [-0.1, -0.05) is 12.8 Å². The molecule has 0 aliphatic heterocycles. The third kappa shape index (κ3) is 8.54. The Labute approximate surface area is 173 Å². The molecule has 0 spiro atoms. The monoisotopic (exact) mass is 414 g/mol. The Kier molecular flexibility index (Phi) is 13.5. The van der Waals surface area contributed by atoms with Crippen molar-refractivity contribution >= 4 is 6.19 Å². The molecular weight excluding hydrogens is 387 g/mol. The largest absolute Gasteiger partial charge is 1.00 e. The summed E-state index contributed by atoms with van der Waals surface area (Å²) in [6.07, 6.45) is 26.2. The first-order valence-corrected chi connectivity index (χ1v) is 13.4. The van der Waals surface area contributed by atoms with Crippen molar-refractivity contribution in [3.05, 3.63) is 60.4 Å². The Bertz CT molecular complexity index is 462. The third-order valence-corrected chi connectivity index (χ3v) is 4.42. The van der Waals surface area contributed by atoms with E-state index in [4.69, 9.17) is 0 Å². The van der Waals surface area contributed by atoms with Gasteiger partial charge in [0, 0.05) is 0 Å². The molecule has 0 aromatic heterocycles. The Morgan fingerprint density at radius 3 is 1.58 bits per heavy atom. The van der Waals surface area contributed by atoms with Crippen molar-refractivity contribution < 1.29 is 44.0 Å². The van der Waals surface area contributed by atoms with E-state index in [1.807, 2.05) is 0 Å². The maximum Gasteiger partial charge on any atom is -1.00 e. The van der Waals surface area contributed by atoms with E-state index in [1.165, 1.54) is 38.5 Å². The molecule has 0 heterocycles. The summed E-state index contributed by atoms with van der Waals surface area (Å²) in [6, 6.07) is 0. The molecule has 2 atom stereocenters. The van der Waals surface area contributed by atoms with Crippen LogP contribution in [-0.2, 0) is 19.2 Å². The van der Waals surface area contributed by atoms with Gasteiger partial charge in [-0.3, -0.25) is 0 Å². The molecule has 0 amide bonds. The Morgan fingerprint density at radius 2 is 1.25 bits per heavy atom. The first-order chi connectivity index (χ1) is 10.7. The number of halogens is 2. The van der Waals surface area contributed by atoms with Crippen LogP contribution in [0.2, 0.25) is 13.1 Å². The fourth-order valence-electron chi connectivity index (χ4n) is 3.33. The minimum Gasteiger partial charge on any atom is -1.00 e. The van der Waals surface area contributed by atoms with Gasteiger partial charge in [0.2, 0.25) is 0 Å². The second-order valence-corrected chi connectivity index (χ2v) is 13.3. The van der Waals surface area contributed by atoms with E-state index < -0.39 is 0 Å². The molecule has 0 radical (unpaired) electrons. The molecule has 4 rings (SSSR count). The molecule has 0 aromatic rings. The van der Waals surface area contributed by atoms with Crippen LogP contribution in [-0.4, -0.2) is 6.19 Å². The van der Waals surface area contributed by atoms with Gasteiger partial charge in [0.05, 0.1) is 0 Å². The minimum atomic E-state index is 0. The fourth-order valence-corrected chi connectivity index (χ4v) is 3.33. The van der Waals surface area contributed by atoms with Gasteiger partial charge in [-0.15, -0.1) is 37.1 Å². The molecule has 4 aliphatic carbocycles. The molecule has 2 saturated carbocycles. The standard InChI is InChI=1S/2C9H11.C2H6Si.2ClH.Ti/c2*1-2-5-9-7-3-6-8(9)4-1;1-3-2;;;/h2*1-2,4,6,9H,3,5,7H2;1-2H3;2*1H;/q2*-1;;;;+2/p-2. The Hall–Kier alpha value is 0.211. The number of allylic oxidation sites excluding steroid dienone is 8. The van der Waals surface area contributed by atoms with E-state index in [0.717, 1.165) is 11.8 Å². The summed E-state index contributed by atoms with van der Waals surface area (Å²) in [7, 11) is 0. The number of fused-ring (bicyclic) bond motifs is 2. The number of rotatable bonds is 0. The van der Waals surface area contributed by atoms with Crippen molar-refractivity contribution in [3.8, 4) is 0 Å². The molecule has 0 saturated heterocycles. The van der Waals surface area contributed by atoms with E-state index >= 15 is 0 Å². The van der Waals surface area contributed by atoms with Crippen LogP contribution in [0.25, 0.3) is 0 Å². The predicted octanol–water partition coefficient (Wildman–Crippen LogP) is -0.234. The summed E-state index contributed by atoms with van der Waals surface area (Å²) < 4.78 is 0. The molecule has 132 valence electrons. The van der Waals surface area contributed by atoms with Crippen LogP contribution in [0.4, 0.5) is 0 Å². The maximum absolute atomic E-state index is 2.37. The van der Waals surface area contributed by atoms with E-state index in [9.17, 15) is 0 Å². The summed E-state index contributed by atoms with van der Waals surface area (Å²) in [5, 5.41) is 0. The summed E-state index contributed by atoms with van der Waals surface area (Å²) in [5.41, 5.74) is 3.16. The molecule has 0 aromatic carbocycles. The van der Waals surface area contributed by atoms with Gasteiger partial charge in [-0.2, -0.15) is 0 Å². The van der Waals surface area contributed by atoms with Crippen molar-refractivity contribution in [1.82, 2.24) is 0 Å². The van der Waals surface area contributed by atoms with Crippen LogP contribution >= 0.6 is 0 Å². The first kappa shape index (κ1) is 24.2.